The first-order valence-corrected chi connectivity index (χ1v) is 10.3. The predicted molar refractivity (Wildman–Crippen MR) is 106 cm³/mol. The van der Waals surface area contributed by atoms with Crippen LogP contribution >= 0.6 is 11.3 Å². The van der Waals surface area contributed by atoms with E-state index in [2.05, 4.69) is 35.3 Å². The molecule has 0 aliphatic carbocycles. The number of amides is 1. The molecule has 0 bridgehead atoms. The van der Waals surface area contributed by atoms with E-state index < -0.39 is 0 Å². The third-order valence-electron chi connectivity index (χ3n) is 4.95. The minimum atomic E-state index is -0.0156. The number of benzene rings is 1. The number of nitrogens with zero attached hydrogens (tertiary/aromatic N) is 3. The molecule has 1 aliphatic heterocycles. The Bertz CT molecular complexity index is 887. The second kappa shape index (κ2) is 8.05. The minimum Gasteiger partial charge on any atom is -0.339 e. The SMILES string of the molecule is CCCCc1ccc(N2CC(c3noc(Cc4cccs4)n3)CC2=O)cc1. The number of rotatable bonds is 7. The second-order valence-electron chi connectivity index (χ2n) is 6.98. The smallest absolute Gasteiger partial charge is 0.231 e. The number of hydrogen-bond acceptors (Lipinski definition) is 5. The summed E-state index contributed by atoms with van der Waals surface area (Å²) in [6, 6.07) is 12.4. The molecule has 6 heteroatoms. The Morgan fingerprint density at radius 1 is 1.26 bits per heavy atom. The van der Waals surface area contributed by atoms with Crippen molar-refractivity contribution in [1.82, 2.24) is 10.1 Å². The lowest BCUT2D eigenvalue weighted by molar-refractivity contribution is -0.117. The van der Waals surface area contributed by atoms with Crippen molar-refractivity contribution in [3.63, 3.8) is 0 Å². The van der Waals surface area contributed by atoms with Gasteiger partial charge in [0.25, 0.3) is 0 Å². The molecule has 1 saturated heterocycles. The topological polar surface area (TPSA) is 59.2 Å². The maximum atomic E-state index is 12.5. The van der Waals surface area contributed by atoms with Gasteiger partial charge in [-0.25, -0.2) is 0 Å². The first-order chi connectivity index (χ1) is 13.2. The number of thiophene rings is 1. The van der Waals surface area contributed by atoms with Crippen molar-refractivity contribution in [3.8, 4) is 0 Å². The van der Waals surface area contributed by atoms with E-state index in [0.717, 1.165) is 12.1 Å². The van der Waals surface area contributed by atoms with Crippen LogP contribution in [-0.4, -0.2) is 22.6 Å². The van der Waals surface area contributed by atoms with Crippen LogP contribution in [0.4, 0.5) is 5.69 Å². The van der Waals surface area contributed by atoms with E-state index in [1.165, 1.54) is 23.3 Å². The van der Waals surface area contributed by atoms with Crippen molar-refractivity contribution < 1.29 is 9.32 Å². The van der Waals surface area contributed by atoms with Crippen molar-refractivity contribution in [3.05, 3.63) is 63.9 Å². The third kappa shape index (κ3) is 4.11. The third-order valence-corrected chi connectivity index (χ3v) is 5.82. The number of unbranched alkanes of at least 4 members (excludes halogenated alkanes) is 1. The fourth-order valence-corrected chi connectivity index (χ4v) is 4.12. The fourth-order valence-electron chi connectivity index (χ4n) is 3.42. The number of hydrogen-bond donors (Lipinski definition) is 0. The first kappa shape index (κ1) is 17.9. The summed E-state index contributed by atoms with van der Waals surface area (Å²) < 4.78 is 5.40. The normalized spacial score (nSPS) is 17.0. The Hall–Kier alpha value is -2.47. The summed E-state index contributed by atoms with van der Waals surface area (Å²) >= 11 is 1.67. The fraction of sp³-hybridized carbons (Fsp3) is 0.381. The zero-order chi connectivity index (χ0) is 18.6. The predicted octanol–water partition coefficient (Wildman–Crippen LogP) is 4.59. The Kier molecular flexibility index (Phi) is 5.34. The molecular formula is C21H23N3O2S. The van der Waals surface area contributed by atoms with Crippen LogP contribution < -0.4 is 4.90 Å². The molecule has 0 saturated carbocycles. The molecule has 2 aromatic heterocycles. The van der Waals surface area contributed by atoms with Gasteiger partial charge in [-0.1, -0.05) is 36.7 Å². The number of aryl methyl sites for hydroxylation is 1. The van der Waals surface area contributed by atoms with Crippen molar-refractivity contribution in [2.75, 3.05) is 11.4 Å². The average Bonchev–Trinajstić information content (AvgIpc) is 3.42. The first-order valence-electron chi connectivity index (χ1n) is 9.47. The molecule has 3 aromatic rings. The highest BCUT2D eigenvalue weighted by molar-refractivity contribution is 7.09. The summed E-state index contributed by atoms with van der Waals surface area (Å²) in [5, 5.41) is 6.16. The van der Waals surface area contributed by atoms with Crippen LogP contribution in [0.25, 0.3) is 0 Å². The highest BCUT2D eigenvalue weighted by Crippen LogP contribution is 2.31. The molecular weight excluding hydrogens is 358 g/mol. The van der Waals surface area contributed by atoms with Gasteiger partial charge in [0.1, 0.15) is 0 Å². The average molecular weight is 382 g/mol. The molecule has 0 radical (unpaired) electrons. The summed E-state index contributed by atoms with van der Waals surface area (Å²) in [7, 11) is 0. The number of carbonyl (C=O) groups excluding carboxylic acids is 1. The van der Waals surface area contributed by atoms with Gasteiger partial charge in [0.05, 0.1) is 6.42 Å². The summed E-state index contributed by atoms with van der Waals surface area (Å²) in [5.74, 6) is 1.35. The van der Waals surface area contributed by atoms with Gasteiger partial charge in [0.15, 0.2) is 5.82 Å². The molecule has 1 amide bonds. The second-order valence-corrected chi connectivity index (χ2v) is 8.01. The van der Waals surface area contributed by atoms with E-state index in [1.54, 1.807) is 11.3 Å². The lowest BCUT2D eigenvalue weighted by Crippen LogP contribution is -2.24. The number of anilines is 1. The monoisotopic (exact) mass is 381 g/mol. The quantitative estimate of drug-likeness (QED) is 0.601. The van der Waals surface area contributed by atoms with Crippen molar-refractivity contribution in [2.24, 2.45) is 0 Å². The summed E-state index contributed by atoms with van der Waals surface area (Å²) in [6.45, 7) is 2.80. The zero-order valence-electron chi connectivity index (χ0n) is 15.4. The summed E-state index contributed by atoms with van der Waals surface area (Å²) in [6.07, 6.45) is 4.54. The van der Waals surface area contributed by atoms with E-state index in [4.69, 9.17) is 4.52 Å². The lowest BCUT2D eigenvalue weighted by atomic mass is 10.1. The number of carbonyl (C=O) groups is 1. The molecule has 1 atom stereocenters. The van der Waals surface area contributed by atoms with Gasteiger partial charge in [-0.2, -0.15) is 4.98 Å². The summed E-state index contributed by atoms with van der Waals surface area (Å²) in [4.78, 5) is 20.1. The van der Waals surface area contributed by atoms with Crippen molar-refractivity contribution in [1.29, 1.82) is 0 Å². The molecule has 3 heterocycles. The maximum absolute atomic E-state index is 12.5. The molecule has 1 fully saturated rings. The molecule has 5 nitrogen and oxygen atoms in total. The molecule has 27 heavy (non-hydrogen) atoms. The highest BCUT2D eigenvalue weighted by atomic mass is 32.1. The van der Waals surface area contributed by atoms with Crippen LogP contribution in [0.15, 0.2) is 46.3 Å². The van der Waals surface area contributed by atoms with E-state index >= 15 is 0 Å². The Morgan fingerprint density at radius 2 is 2.11 bits per heavy atom. The molecule has 140 valence electrons. The standard InChI is InChI=1S/C21H23N3O2S/c1-2-3-5-15-7-9-17(10-8-15)24-14-16(12-20(24)25)21-22-19(26-23-21)13-18-6-4-11-27-18/h4,6-11,16H,2-3,5,12-14H2,1H3. The molecule has 1 aromatic carbocycles. The van der Waals surface area contributed by atoms with Gasteiger partial charge in [0, 0.05) is 29.4 Å². The van der Waals surface area contributed by atoms with Gasteiger partial charge in [0.2, 0.25) is 11.8 Å². The largest absolute Gasteiger partial charge is 0.339 e. The van der Waals surface area contributed by atoms with Crippen LogP contribution in [0.5, 0.6) is 0 Å². The molecule has 4 rings (SSSR count). The molecule has 0 N–H and O–H groups in total. The van der Waals surface area contributed by atoms with Crippen LogP contribution in [0, 0.1) is 0 Å². The van der Waals surface area contributed by atoms with Gasteiger partial charge in [-0.05, 0) is 42.0 Å². The van der Waals surface area contributed by atoms with E-state index in [1.807, 2.05) is 28.5 Å². The van der Waals surface area contributed by atoms with E-state index in [0.29, 0.717) is 31.1 Å². The van der Waals surface area contributed by atoms with Gasteiger partial charge in [-0.3, -0.25) is 4.79 Å². The lowest BCUT2D eigenvalue weighted by Gasteiger charge is -2.16. The Balaban J connectivity index is 1.42. The van der Waals surface area contributed by atoms with E-state index in [9.17, 15) is 4.79 Å². The Morgan fingerprint density at radius 3 is 2.85 bits per heavy atom. The van der Waals surface area contributed by atoms with Gasteiger partial charge in [-0.15, -0.1) is 11.3 Å². The maximum Gasteiger partial charge on any atom is 0.231 e. The zero-order valence-corrected chi connectivity index (χ0v) is 16.2. The highest BCUT2D eigenvalue weighted by Gasteiger charge is 2.34. The molecule has 1 aliphatic rings. The van der Waals surface area contributed by atoms with Crippen molar-refractivity contribution >= 4 is 22.9 Å². The van der Waals surface area contributed by atoms with Crippen LogP contribution in [0.1, 0.15) is 54.3 Å². The number of aromatic nitrogens is 2. The Labute approximate surface area is 163 Å². The molecule has 0 spiro atoms. The van der Waals surface area contributed by atoms with Crippen LogP contribution in [-0.2, 0) is 17.6 Å². The van der Waals surface area contributed by atoms with Gasteiger partial charge >= 0.3 is 0 Å². The van der Waals surface area contributed by atoms with Crippen LogP contribution in [0.2, 0.25) is 0 Å². The van der Waals surface area contributed by atoms with E-state index in [-0.39, 0.29) is 11.8 Å². The van der Waals surface area contributed by atoms with Crippen LogP contribution in [0.3, 0.4) is 0 Å². The van der Waals surface area contributed by atoms with Crippen molar-refractivity contribution in [2.45, 2.75) is 44.9 Å². The molecule has 1 unspecified atom stereocenters. The minimum absolute atomic E-state index is 0.0156. The summed E-state index contributed by atoms with van der Waals surface area (Å²) in [5.41, 5.74) is 2.27. The van der Waals surface area contributed by atoms with Gasteiger partial charge < -0.3 is 9.42 Å².